The summed E-state index contributed by atoms with van der Waals surface area (Å²) in [4.78, 5) is 0. The molecule has 2 nitrogen and oxygen atoms in total. The van der Waals surface area contributed by atoms with Crippen LogP contribution in [0.3, 0.4) is 0 Å². The molecule has 17 heavy (non-hydrogen) atoms. The summed E-state index contributed by atoms with van der Waals surface area (Å²) < 4.78 is 13.4. The molecule has 0 atom stereocenters. The quantitative estimate of drug-likeness (QED) is 0.635. The highest BCUT2D eigenvalue weighted by Gasteiger charge is 2.03. The van der Waals surface area contributed by atoms with Crippen LogP contribution in [0, 0.1) is 12.7 Å². The molecular weight excluding hydrogens is 255 g/mol. The Labute approximate surface area is 111 Å². The second-order valence-electron chi connectivity index (χ2n) is 3.71. The van der Waals surface area contributed by atoms with Crippen molar-refractivity contribution in [3.8, 4) is 0 Å². The van der Waals surface area contributed by atoms with Crippen LogP contribution in [-0.2, 0) is 0 Å². The Morgan fingerprint density at radius 2 is 2.24 bits per heavy atom. The van der Waals surface area contributed by atoms with Crippen LogP contribution in [-0.4, -0.2) is 23.7 Å². The minimum absolute atomic E-state index is 0.288. The number of nitrogens with one attached hydrogen (secondary N) is 2. The molecule has 0 bridgehead atoms. The summed E-state index contributed by atoms with van der Waals surface area (Å²) in [5, 5.41) is 6.39. The molecule has 5 heteroatoms. The van der Waals surface area contributed by atoms with E-state index in [4.69, 9.17) is 12.2 Å². The number of aryl methyl sites for hydroxylation is 1. The van der Waals surface area contributed by atoms with Gasteiger partial charge in [0.05, 0.1) is 5.69 Å². The maximum absolute atomic E-state index is 13.4. The zero-order valence-corrected chi connectivity index (χ0v) is 11.7. The van der Waals surface area contributed by atoms with Crippen molar-refractivity contribution in [2.45, 2.75) is 13.3 Å². The number of halogens is 1. The normalized spacial score (nSPS) is 10.1. The fraction of sp³-hybridized carbons (Fsp3) is 0.417. The summed E-state index contributed by atoms with van der Waals surface area (Å²) in [6, 6.07) is 4.91. The summed E-state index contributed by atoms with van der Waals surface area (Å²) in [6.45, 7) is 2.72. The Bertz CT molecular complexity index is 383. The van der Waals surface area contributed by atoms with E-state index in [1.807, 2.05) is 6.92 Å². The first-order valence-corrected chi connectivity index (χ1v) is 7.23. The first-order valence-electron chi connectivity index (χ1n) is 5.43. The highest BCUT2D eigenvalue weighted by molar-refractivity contribution is 7.98. The van der Waals surface area contributed by atoms with E-state index in [0.29, 0.717) is 10.8 Å². The number of benzene rings is 1. The monoisotopic (exact) mass is 272 g/mol. The SMILES string of the molecule is CSCCCNC(=S)Nc1cc(C)ccc1F. The fourth-order valence-electron chi connectivity index (χ4n) is 1.32. The molecule has 1 rings (SSSR count). The molecule has 94 valence electrons. The van der Waals surface area contributed by atoms with Gasteiger partial charge in [-0.15, -0.1) is 0 Å². The van der Waals surface area contributed by atoms with Gasteiger partial charge >= 0.3 is 0 Å². The van der Waals surface area contributed by atoms with Gasteiger partial charge in [-0.05, 0) is 55.3 Å². The molecule has 0 spiro atoms. The van der Waals surface area contributed by atoms with Gasteiger partial charge in [0.15, 0.2) is 5.11 Å². The first-order chi connectivity index (χ1) is 8.13. The predicted molar refractivity (Wildman–Crippen MR) is 78.4 cm³/mol. The lowest BCUT2D eigenvalue weighted by Crippen LogP contribution is -2.29. The van der Waals surface area contributed by atoms with Gasteiger partial charge in [-0.3, -0.25) is 0 Å². The molecule has 1 aromatic rings. The van der Waals surface area contributed by atoms with Crippen molar-refractivity contribution in [2.24, 2.45) is 0 Å². The van der Waals surface area contributed by atoms with Crippen molar-refractivity contribution in [2.75, 3.05) is 23.9 Å². The summed E-state index contributed by atoms with van der Waals surface area (Å²) in [5.41, 5.74) is 1.42. The average Bonchev–Trinajstić information content (AvgIpc) is 2.29. The van der Waals surface area contributed by atoms with Crippen LogP contribution in [0.1, 0.15) is 12.0 Å². The molecule has 0 saturated heterocycles. The van der Waals surface area contributed by atoms with E-state index in [0.717, 1.165) is 24.3 Å². The Balaban J connectivity index is 2.42. The maximum Gasteiger partial charge on any atom is 0.170 e. The highest BCUT2D eigenvalue weighted by atomic mass is 32.2. The van der Waals surface area contributed by atoms with Crippen molar-refractivity contribution in [1.82, 2.24) is 5.32 Å². The molecular formula is C12H17FN2S2. The molecule has 0 fully saturated rings. The van der Waals surface area contributed by atoms with Crippen molar-refractivity contribution in [3.05, 3.63) is 29.6 Å². The van der Waals surface area contributed by atoms with Crippen LogP contribution in [0.2, 0.25) is 0 Å². The zero-order valence-electron chi connectivity index (χ0n) is 10.0. The summed E-state index contributed by atoms with van der Waals surface area (Å²) in [6.07, 6.45) is 3.11. The van der Waals surface area contributed by atoms with E-state index >= 15 is 0 Å². The molecule has 1 aromatic carbocycles. The van der Waals surface area contributed by atoms with Crippen LogP contribution >= 0.6 is 24.0 Å². The third-order valence-corrected chi connectivity index (χ3v) is 3.12. The van der Waals surface area contributed by atoms with E-state index in [9.17, 15) is 4.39 Å². The van der Waals surface area contributed by atoms with Gasteiger partial charge in [0, 0.05) is 6.54 Å². The van der Waals surface area contributed by atoms with Crippen molar-refractivity contribution in [1.29, 1.82) is 0 Å². The summed E-state index contributed by atoms with van der Waals surface area (Å²) in [7, 11) is 0. The second-order valence-corrected chi connectivity index (χ2v) is 5.10. The van der Waals surface area contributed by atoms with Crippen LogP contribution in [0.4, 0.5) is 10.1 Å². The average molecular weight is 272 g/mol. The van der Waals surface area contributed by atoms with Gasteiger partial charge < -0.3 is 10.6 Å². The maximum atomic E-state index is 13.4. The highest BCUT2D eigenvalue weighted by Crippen LogP contribution is 2.15. The molecule has 0 aliphatic heterocycles. The molecule has 0 aromatic heterocycles. The van der Waals surface area contributed by atoms with Gasteiger partial charge in [0.2, 0.25) is 0 Å². The lowest BCUT2D eigenvalue weighted by atomic mass is 10.2. The minimum atomic E-state index is -0.288. The number of rotatable bonds is 5. The Morgan fingerprint density at radius 1 is 1.47 bits per heavy atom. The molecule has 0 unspecified atom stereocenters. The lowest BCUT2D eigenvalue weighted by molar-refractivity contribution is 0.631. The predicted octanol–water partition coefficient (Wildman–Crippen LogP) is 3.17. The topological polar surface area (TPSA) is 24.1 Å². The molecule has 2 N–H and O–H groups in total. The van der Waals surface area contributed by atoms with E-state index in [2.05, 4.69) is 16.9 Å². The second kappa shape index (κ2) is 7.50. The Hall–Kier alpha value is -0.810. The van der Waals surface area contributed by atoms with Crippen LogP contribution < -0.4 is 10.6 Å². The lowest BCUT2D eigenvalue weighted by Gasteiger charge is -2.11. The standard InChI is InChI=1S/C12H17FN2S2/c1-9-4-5-10(13)11(8-9)15-12(16)14-6-3-7-17-2/h4-5,8H,3,6-7H2,1-2H3,(H2,14,15,16). The number of thiocarbonyl (C=S) groups is 1. The van der Waals surface area contributed by atoms with Crippen molar-refractivity contribution in [3.63, 3.8) is 0 Å². The molecule has 0 aliphatic carbocycles. The number of thioether (sulfide) groups is 1. The molecule has 0 aliphatic rings. The van der Waals surface area contributed by atoms with Gasteiger partial charge in [-0.1, -0.05) is 6.07 Å². The summed E-state index contributed by atoms with van der Waals surface area (Å²) >= 11 is 6.89. The van der Waals surface area contributed by atoms with Crippen LogP contribution in [0.5, 0.6) is 0 Å². The molecule has 0 heterocycles. The summed E-state index contributed by atoms with van der Waals surface area (Å²) in [5.74, 6) is 0.804. The van der Waals surface area contributed by atoms with Crippen LogP contribution in [0.15, 0.2) is 18.2 Å². The number of anilines is 1. The van der Waals surface area contributed by atoms with Gasteiger partial charge in [-0.25, -0.2) is 4.39 Å². The van der Waals surface area contributed by atoms with Gasteiger partial charge in [0.25, 0.3) is 0 Å². The smallest absolute Gasteiger partial charge is 0.170 e. The third kappa shape index (κ3) is 5.37. The Kier molecular flexibility index (Phi) is 6.29. The van der Waals surface area contributed by atoms with E-state index < -0.39 is 0 Å². The van der Waals surface area contributed by atoms with Gasteiger partial charge in [0.1, 0.15) is 5.82 Å². The zero-order chi connectivity index (χ0) is 12.7. The molecule has 0 saturated carbocycles. The largest absolute Gasteiger partial charge is 0.362 e. The van der Waals surface area contributed by atoms with Gasteiger partial charge in [-0.2, -0.15) is 11.8 Å². The van der Waals surface area contributed by atoms with E-state index in [-0.39, 0.29) is 5.82 Å². The number of hydrogen-bond acceptors (Lipinski definition) is 2. The van der Waals surface area contributed by atoms with Crippen LogP contribution in [0.25, 0.3) is 0 Å². The van der Waals surface area contributed by atoms with Crippen molar-refractivity contribution < 1.29 is 4.39 Å². The van der Waals surface area contributed by atoms with Crippen molar-refractivity contribution >= 4 is 34.8 Å². The Morgan fingerprint density at radius 3 is 2.94 bits per heavy atom. The molecule has 0 amide bonds. The van der Waals surface area contributed by atoms with E-state index in [1.54, 1.807) is 23.9 Å². The number of hydrogen-bond donors (Lipinski definition) is 2. The molecule has 0 radical (unpaired) electrons. The third-order valence-electron chi connectivity index (χ3n) is 2.18. The minimum Gasteiger partial charge on any atom is -0.362 e. The van der Waals surface area contributed by atoms with E-state index in [1.165, 1.54) is 6.07 Å². The fourth-order valence-corrected chi connectivity index (χ4v) is 1.96. The first kappa shape index (κ1) is 14.3.